The van der Waals surface area contributed by atoms with E-state index in [4.69, 9.17) is 9.15 Å². The number of carbonyl (C=O) groups is 2. The summed E-state index contributed by atoms with van der Waals surface area (Å²) < 4.78 is 12.7. The molecule has 1 aliphatic rings. The van der Waals surface area contributed by atoms with Crippen molar-refractivity contribution < 1.29 is 18.7 Å². The fourth-order valence-electron chi connectivity index (χ4n) is 3.75. The predicted molar refractivity (Wildman–Crippen MR) is 103 cm³/mol. The number of rotatable bonds is 5. The Bertz CT molecular complexity index is 970. The zero-order valence-corrected chi connectivity index (χ0v) is 15.8. The van der Waals surface area contributed by atoms with Gasteiger partial charge in [0.2, 0.25) is 6.10 Å². The number of pyridine rings is 1. The van der Waals surface area contributed by atoms with Gasteiger partial charge in [0.05, 0.1) is 11.8 Å². The van der Waals surface area contributed by atoms with Crippen molar-refractivity contribution in [2.75, 3.05) is 0 Å². The number of ether oxygens (including phenoxy) is 1. The van der Waals surface area contributed by atoms with Crippen molar-refractivity contribution in [1.82, 2.24) is 14.9 Å². The second-order valence-corrected chi connectivity index (χ2v) is 7.17. The molecule has 1 amide bonds. The fourth-order valence-corrected chi connectivity index (χ4v) is 3.75. The van der Waals surface area contributed by atoms with E-state index in [2.05, 4.69) is 10.3 Å². The molecular weight excluding hydrogens is 358 g/mol. The largest absolute Gasteiger partial charge is 0.463 e. The van der Waals surface area contributed by atoms with Gasteiger partial charge < -0.3 is 19.0 Å². The molecule has 4 rings (SSSR count). The number of amides is 1. The summed E-state index contributed by atoms with van der Waals surface area (Å²) in [5, 5.41) is 3.05. The lowest BCUT2D eigenvalue weighted by Gasteiger charge is -2.25. The number of hydrogen-bond acceptors (Lipinski definition) is 5. The molecule has 0 aliphatic heterocycles. The van der Waals surface area contributed by atoms with E-state index in [1.54, 1.807) is 54.5 Å². The van der Waals surface area contributed by atoms with Crippen LogP contribution in [-0.2, 0) is 16.6 Å². The highest BCUT2D eigenvalue weighted by atomic mass is 16.5. The highest BCUT2D eigenvalue weighted by Gasteiger charge is 2.29. The minimum Gasteiger partial charge on any atom is -0.463 e. The van der Waals surface area contributed by atoms with Crippen molar-refractivity contribution in [3.8, 4) is 0 Å². The second-order valence-electron chi connectivity index (χ2n) is 7.17. The summed E-state index contributed by atoms with van der Waals surface area (Å²) in [7, 11) is 1.76. The van der Waals surface area contributed by atoms with Crippen LogP contribution in [0.4, 0.5) is 0 Å². The summed E-state index contributed by atoms with van der Waals surface area (Å²) >= 11 is 0. The first-order valence-electron chi connectivity index (χ1n) is 9.57. The molecule has 1 atom stereocenters. The Labute approximate surface area is 162 Å². The first-order valence-corrected chi connectivity index (χ1v) is 9.57. The molecule has 1 N–H and O–H groups in total. The van der Waals surface area contributed by atoms with Crippen LogP contribution in [0.15, 0.2) is 47.3 Å². The molecule has 1 unspecified atom stereocenters. The molecular formula is C21H23N3O4. The third-order valence-electron chi connectivity index (χ3n) is 5.30. The third-order valence-corrected chi connectivity index (χ3v) is 5.30. The van der Waals surface area contributed by atoms with Gasteiger partial charge in [-0.25, -0.2) is 4.79 Å². The molecule has 0 saturated heterocycles. The Morgan fingerprint density at radius 3 is 2.68 bits per heavy atom. The topological polar surface area (TPSA) is 86.4 Å². The van der Waals surface area contributed by atoms with E-state index in [0.717, 1.165) is 31.2 Å². The number of aromatic nitrogens is 2. The average molecular weight is 381 g/mol. The minimum absolute atomic E-state index is 0.127. The van der Waals surface area contributed by atoms with Gasteiger partial charge >= 0.3 is 5.97 Å². The van der Waals surface area contributed by atoms with E-state index in [0.29, 0.717) is 16.8 Å². The van der Waals surface area contributed by atoms with Crippen molar-refractivity contribution in [2.24, 2.45) is 7.05 Å². The number of nitrogens with zero attached hydrogens (tertiary/aromatic N) is 2. The van der Waals surface area contributed by atoms with Crippen LogP contribution in [0, 0.1) is 0 Å². The lowest BCUT2D eigenvalue weighted by Crippen LogP contribution is -2.40. The lowest BCUT2D eigenvalue weighted by molar-refractivity contribution is -0.131. The van der Waals surface area contributed by atoms with Crippen molar-refractivity contribution in [1.29, 1.82) is 0 Å². The molecule has 0 bridgehead atoms. The van der Waals surface area contributed by atoms with Crippen LogP contribution in [0.5, 0.6) is 0 Å². The average Bonchev–Trinajstić information content (AvgIpc) is 3.30. The molecule has 1 aliphatic carbocycles. The van der Waals surface area contributed by atoms with E-state index in [-0.39, 0.29) is 11.9 Å². The highest BCUT2D eigenvalue weighted by Crippen LogP contribution is 2.25. The van der Waals surface area contributed by atoms with E-state index in [1.807, 2.05) is 0 Å². The van der Waals surface area contributed by atoms with Gasteiger partial charge in [0.15, 0.2) is 5.58 Å². The van der Waals surface area contributed by atoms with Gasteiger partial charge in [-0.2, -0.15) is 0 Å². The SMILES string of the molecule is Cn1c(C(=O)OC(C(=O)NC2CCCCC2)c2ccncc2)cc2occc21. The van der Waals surface area contributed by atoms with E-state index in [1.165, 1.54) is 6.42 Å². The van der Waals surface area contributed by atoms with Crippen molar-refractivity contribution in [3.05, 3.63) is 54.2 Å². The number of furan rings is 1. The Balaban J connectivity index is 1.56. The Morgan fingerprint density at radius 2 is 1.96 bits per heavy atom. The van der Waals surface area contributed by atoms with Crippen LogP contribution in [-0.4, -0.2) is 27.5 Å². The quantitative estimate of drug-likeness (QED) is 0.684. The van der Waals surface area contributed by atoms with Crippen molar-refractivity contribution in [3.63, 3.8) is 0 Å². The van der Waals surface area contributed by atoms with E-state index in [9.17, 15) is 9.59 Å². The van der Waals surface area contributed by atoms with Crippen LogP contribution >= 0.6 is 0 Å². The number of carbonyl (C=O) groups excluding carboxylic acids is 2. The van der Waals surface area contributed by atoms with E-state index < -0.39 is 12.1 Å². The number of fused-ring (bicyclic) bond motifs is 1. The summed E-state index contributed by atoms with van der Waals surface area (Å²) in [6.45, 7) is 0. The monoisotopic (exact) mass is 381 g/mol. The summed E-state index contributed by atoms with van der Waals surface area (Å²) in [6.07, 6.45) is 9.02. The molecule has 3 aromatic heterocycles. The smallest absolute Gasteiger partial charge is 0.356 e. The van der Waals surface area contributed by atoms with Gasteiger partial charge in [0.25, 0.3) is 5.91 Å². The first kappa shape index (κ1) is 18.3. The van der Waals surface area contributed by atoms with Crippen LogP contribution < -0.4 is 5.32 Å². The number of esters is 1. The Hall–Kier alpha value is -3.09. The zero-order chi connectivity index (χ0) is 19.5. The van der Waals surface area contributed by atoms with Gasteiger partial charge in [-0.05, 0) is 25.0 Å². The van der Waals surface area contributed by atoms with Crippen LogP contribution in [0.3, 0.4) is 0 Å². The molecule has 0 aromatic carbocycles. The maximum atomic E-state index is 13.0. The second kappa shape index (κ2) is 7.88. The molecule has 28 heavy (non-hydrogen) atoms. The van der Waals surface area contributed by atoms with Gasteiger partial charge in [0, 0.05) is 43.2 Å². The molecule has 146 valence electrons. The summed E-state index contributed by atoms with van der Waals surface area (Å²) in [5.41, 5.74) is 2.31. The minimum atomic E-state index is -1.03. The molecule has 7 nitrogen and oxygen atoms in total. The number of aryl methyl sites for hydroxylation is 1. The molecule has 1 fully saturated rings. The van der Waals surface area contributed by atoms with Crippen LogP contribution in [0.25, 0.3) is 11.1 Å². The van der Waals surface area contributed by atoms with Crippen LogP contribution in [0.1, 0.15) is 54.3 Å². The van der Waals surface area contributed by atoms with Gasteiger partial charge in [0.1, 0.15) is 5.69 Å². The summed E-state index contributed by atoms with van der Waals surface area (Å²) in [4.78, 5) is 29.8. The third kappa shape index (κ3) is 3.65. The fraction of sp³-hybridized carbons (Fsp3) is 0.381. The van der Waals surface area contributed by atoms with E-state index >= 15 is 0 Å². The first-order chi connectivity index (χ1) is 13.6. The van der Waals surface area contributed by atoms with Gasteiger partial charge in [-0.15, -0.1) is 0 Å². The zero-order valence-electron chi connectivity index (χ0n) is 15.8. The Kier molecular flexibility index (Phi) is 5.14. The summed E-state index contributed by atoms with van der Waals surface area (Å²) in [5.74, 6) is -0.876. The molecule has 1 saturated carbocycles. The molecule has 3 heterocycles. The highest BCUT2D eigenvalue weighted by molar-refractivity contribution is 5.95. The van der Waals surface area contributed by atoms with Crippen molar-refractivity contribution in [2.45, 2.75) is 44.2 Å². The van der Waals surface area contributed by atoms with Crippen LogP contribution in [0.2, 0.25) is 0 Å². The van der Waals surface area contributed by atoms with Gasteiger partial charge in [-0.3, -0.25) is 9.78 Å². The molecule has 0 radical (unpaired) electrons. The number of nitrogens with one attached hydrogen (secondary N) is 1. The standard InChI is InChI=1S/C21H23N3O4/c1-24-16-9-12-27-18(16)13-17(24)21(26)28-19(14-7-10-22-11-8-14)20(25)23-15-5-3-2-4-6-15/h7-13,15,19H,2-6H2,1H3,(H,23,25). The number of hydrogen-bond donors (Lipinski definition) is 1. The molecule has 7 heteroatoms. The van der Waals surface area contributed by atoms with Crippen molar-refractivity contribution >= 4 is 23.0 Å². The summed E-state index contributed by atoms with van der Waals surface area (Å²) in [6, 6.07) is 6.91. The molecule has 3 aromatic rings. The van der Waals surface area contributed by atoms with Gasteiger partial charge in [-0.1, -0.05) is 19.3 Å². The Morgan fingerprint density at radius 1 is 1.21 bits per heavy atom. The lowest BCUT2D eigenvalue weighted by atomic mass is 9.95. The predicted octanol–water partition coefficient (Wildman–Crippen LogP) is 3.51. The normalized spacial score (nSPS) is 16.0. The maximum absolute atomic E-state index is 13.0. The maximum Gasteiger partial charge on any atom is 0.356 e. The molecule has 0 spiro atoms.